The molecular weight excluding hydrogens is 253 g/mol. The molecule has 2 N–H and O–H groups in total. The Morgan fingerprint density at radius 2 is 2.11 bits per heavy atom. The quantitative estimate of drug-likeness (QED) is 0.915. The summed E-state index contributed by atoms with van der Waals surface area (Å²) in [5.41, 5.74) is 7.29. The molecule has 98 valence electrons. The summed E-state index contributed by atoms with van der Waals surface area (Å²) in [6, 6.07) is 3.13. The van der Waals surface area contributed by atoms with Crippen LogP contribution in [0.3, 0.4) is 0 Å². The fourth-order valence-corrected chi connectivity index (χ4v) is 2.57. The number of hydrogen-bond acceptors (Lipinski definition) is 2. The zero-order chi connectivity index (χ0) is 13.4. The van der Waals surface area contributed by atoms with Gasteiger partial charge in [-0.2, -0.15) is 0 Å². The van der Waals surface area contributed by atoms with Crippen molar-refractivity contribution in [2.75, 3.05) is 5.73 Å². The van der Waals surface area contributed by atoms with Gasteiger partial charge in [0.25, 0.3) is 0 Å². The second-order valence-electron chi connectivity index (χ2n) is 4.81. The third-order valence-electron chi connectivity index (χ3n) is 3.28. The number of nitrogens with two attached hydrogens (primary N) is 1. The first-order valence-electron chi connectivity index (χ1n) is 6.08. The molecule has 0 fully saturated rings. The van der Waals surface area contributed by atoms with Crippen LogP contribution in [0.1, 0.15) is 33.2 Å². The van der Waals surface area contributed by atoms with Crippen molar-refractivity contribution in [1.82, 2.24) is 9.55 Å². The number of benzene rings is 1. The van der Waals surface area contributed by atoms with Gasteiger partial charge in [0, 0.05) is 12.1 Å². The summed E-state index contributed by atoms with van der Waals surface area (Å²) in [7, 11) is 0. The molecule has 0 saturated carbocycles. The van der Waals surface area contributed by atoms with Gasteiger partial charge in [0.15, 0.2) is 0 Å². The molecule has 18 heavy (non-hydrogen) atoms. The number of hydrogen-bond donors (Lipinski definition) is 1. The van der Waals surface area contributed by atoms with Crippen LogP contribution in [-0.2, 0) is 0 Å². The first kappa shape index (κ1) is 13.1. The minimum absolute atomic E-state index is 0.0738. The van der Waals surface area contributed by atoms with E-state index in [1.165, 1.54) is 12.1 Å². The molecule has 0 amide bonds. The molecule has 0 radical (unpaired) electrons. The van der Waals surface area contributed by atoms with Crippen molar-refractivity contribution in [3.8, 4) is 0 Å². The van der Waals surface area contributed by atoms with Gasteiger partial charge in [-0.25, -0.2) is 9.37 Å². The standard InChI is InChI=1S/C13H17ClFN3/c1-4-11(7(2)3)18-12-6-9(15)8(14)5-10(12)17-13(18)16/h5-7,11H,4H2,1-3H3,(H2,16,17). The molecule has 5 heteroatoms. The Bertz CT molecular complexity index is 577. The van der Waals surface area contributed by atoms with Crippen LogP contribution in [0.4, 0.5) is 10.3 Å². The van der Waals surface area contributed by atoms with E-state index in [1.807, 2.05) is 4.57 Å². The van der Waals surface area contributed by atoms with Crippen molar-refractivity contribution in [3.05, 3.63) is 23.0 Å². The highest BCUT2D eigenvalue weighted by Crippen LogP contribution is 2.31. The second-order valence-corrected chi connectivity index (χ2v) is 5.22. The third-order valence-corrected chi connectivity index (χ3v) is 3.57. The van der Waals surface area contributed by atoms with Crippen molar-refractivity contribution in [2.24, 2.45) is 5.92 Å². The monoisotopic (exact) mass is 269 g/mol. The Hall–Kier alpha value is -1.29. The van der Waals surface area contributed by atoms with E-state index in [1.54, 1.807) is 0 Å². The van der Waals surface area contributed by atoms with Crippen LogP contribution in [0, 0.1) is 11.7 Å². The van der Waals surface area contributed by atoms with E-state index in [0.717, 1.165) is 6.42 Å². The molecule has 1 aromatic heterocycles. The van der Waals surface area contributed by atoms with Crippen molar-refractivity contribution in [3.63, 3.8) is 0 Å². The summed E-state index contributed by atoms with van der Waals surface area (Å²) in [6.07, 6.45) is 0.914. The molecule has 0 aliphatic carbocycles. The fourth-order valence-electron chi connectivity index (χ4n) is 2.41. The SMILES string of the molecule is CCC(C(C)C)n1c(N)nc2cc(Cl)c(F)cc21. The normalized spacial score (nSPS) is 13.4. The van der Waals surface area contributed by atoms with Crippen molar-refractivity contribution < 1.29 is 4.39 Å². The highest BCUT2D eigenvalue weighted by Gasteiger charge is 2.20. The van der Waals surface area contributed by atoms with Gasteiger partial charge in [-0.1, -0.05) is 32.4 Å². The van der Waals surface area contributed by atoms with Gasteiger partial charge < -0.3 is 10.3 Å². The number of fused-ring (bicyclic) bond motifs is 1. The summed E-state index contributed by atoms with van der Waals surface area (Å²) < 4.78 is 15.5. The maximum atomic E-state index is 13.6. The van der Waals surface area contributed by atoms with Crippen LogP contribution >= 0.6 is 11.6 Å². The van der Waals surface area contributed by atoms with Crippen LogP contribution < -0.4 is 5.73 Å². The lowest BCUT2D eigenvalue weighted by atomic mass is 10.0. The van der Waals surface area contributed by atoms with Crippen LogP contribution in [0.25, 0.3) is 11.0 Å². The third kappa shape index (κ3) is 2.05. The van der Waals surface area contributed by atoms with Gasteiger partial charge in [0.05, 0.1) is 16.1 Å². The lowest BCUT2D eigenvalue weighted by Gasteiger charge is -2.22. The van der Waals surface area contributed by atoms with Gasteiger partial charge >= 0.3 is 0 Å². The zero-order valence-corrected chi connectivity index (χ0v) is 11.5. The predicted octanol–water partition coefficient (Wildman–Crippen LogP) is 4.02. The Labute approximate surface area is 111 Å². The maximum Gasteiger partial charge on any atom is 0.201 e. The summed E-state index contributed by atoms with van der Waals surface area (Å²) >= 11 is 5.76. The van der Waals surface area contributed by atoms with Crippen molar-refractivity contribution in [2.45, 2.75) is 33.2 Å². The lowest BCUT2D eigenvalue weighted by molar-refractivity contribution is 0.377. The zero-order valence-electron chi connectivity index (χ0n) is 10.7. The van der Waals surface area contributed by atoms with Crippen LogP contribution in [0.2, 0.25) is 5.02 Å². The average Bonchev–Trinajstić information content (AvgIpc) is 2.57. The molecule has 2 aromatic rings. The fraction of sp³-hybridized carbons (Fsp3) is 0.462. The average molecular weight is 270 g/mol. The van der Waals surface area contributed by atoms with Gasteiger partial charge in [-0.3, -0.25) is 0 Å². The van der Waals surface area contributed by atoms with E-state index >= 15 is 0 Å². The van der Waals surface area contributed by atoms with Gasteiger partial charge in [-0.15, -0.1) is 0 Å². The molecule has 1 unspecified atom stereocenters. The Kier molecular flexibility index (Phi) is 3.48. The highest BCUT2D eigenvalue weighted by atomic mass is 35.5. The van der Waals surface area contributed by atoms with E-state index in [4.69, 9.17) is 17.3 Å². The first-order valence-corrected chi connectivity index (χ1v) is 6.46. The lowest BCUT2D eigenvalue weighted by Crippen LogP contribution is -2.16. The van der Waals surface area contributed by atoms with Crippen LogP contribution in [0.15, 0.2) is 12.1 Å². The van der Waals surface area contributed by atoms with E-state index in [2.05, 4.69) is 25.8 Å². The van der Waals surface area contributed by atoms with Gasteiger partial charge in [0.2, 0.25) is 5.95 Å². The van der Waals surface area contributed by atoms with Crippen molar-refractivity contribution >= 4 is 28.6 Å². The first-order chi connectivity index (χ1) is 8.45. The Balaban J connectivity index is 2.70. The molecule has 1 atom stereocenters. The molecule has 0 aliphatic rings. The minimum atomic E-state index is -0.441. The molecule has 2 rings (SSSR count). The summed E-state index contributed by atoms with van der Waals surface area (Å²) in [4.78, 5) is 4.26. The predicted molar refractivity (Wildman–Crippen MR) is 73.3 cm³/mol. The topological polar surface area (TPSA) is 43.8 Å². The number of halogens is 2. The number of rotatable bonds is 3. The maximum absolute atomic E-state index is 13.6. The number of nitrogen functional groups attached to an aromatic ring is 1. The van der Waals surface area contributed by atoms with Crippen LogP contribution in [-0.4, -0.2) is 9.55 Å². The van der Waals surface area contributed by atoms with E-state index in [-0.39, 0.29) is 11.1 Å². The summed E-state index contributed by atoms with van der Waals surface area (Å²) in [6.45, 7) is 6.32. The highest BCUT2D eigenvalue weighted by molar-refractivity contribution is 6.31. The molecule has 0 aliphatic heterocycles. The largest absolute Gasteiger partial charge is 0.369 e. The van der Waals surface area contributed by atoms with Gasteiger partial charge in [-0.05, 0) is 18.4 Å². The molecule has 0 spiro atoms. The molecular formula is C13H17ClFN3. The number of aromatic nitrogens is 2. The van der Waals surface area contributed by atoms with E-state index < -0.39 is 5.82 Å². The number of nitrogens with zero attached hydrogens (tertiary/aromatic N) is 2. The van der Waals surface area contributed by atoms with Crippen molar-refractivity contribution in [1.29, 1.82) is 0 Å². The summed E-state index contributed by atoms with van der Waals surface area (Å²) in [5, 5.41) is 0.0738. The van der Waals surface area contributed by atoms with Crippen LogP contribution in [0.5, 0.6) is 0 Å². The minimum Gasteiger partial charge on any atom is -0.369 e. The molecule has 0 saturated heterocycles. The second kappa shape index (κ2) is 4.76. The number of imidazole rings is 1. The molecule has 1 heterocycles. The Morgan fingerprint density at radius 1 is 1.44 bits per heavy atom. The van der Waals surface area contributed by atoms with E-state index in [9.17, 15) is 4.39 Å². The molecule has 1 aromatic carbocycles. The smallest absolute Gasteiger partial charge is 0.201 e. The number of anilines is 1. The summed E-state index contributed by atoms with van der Waals surface area (Å²) in [5.74, 6) is 0.365. The van der Waals surface area contributed by atoms with Gasteiger partial charge in [0.1, 0.15) is 5.82 Å². The Morgan fingerprint density at radius 3 is 2.67 bits per heavy atom. The van der Waals surface area contributed by atoms with E-state index in [0.29, 0.717) is 22.9 Å². The molecule has 3 nitrogen and oxygen atoms in total. The molecule has 0 bridgehead atoms.